The zero-order valence-corrected chi connectivity index (χ0v) is 13.9. The van der Waals surface area contributed by atoms with Gasteiger partial charge in [0.2, 0.25) is 0 Å². The molecule has 0 heterocycles. The van der Waals surface area contributed by atoms with Gasteiger partial charge >= 0.3 is 0 Å². The number of hydrogen-bond acceptors (Lipinski definition) is 2. The Morgan fingerprint density at radius 2 is 2.00 bits per heavy atom. The number of benzene rings is 2. The van der Waals surface area contributed by atoms with Gasteiger partial charge in [-0.15, -0.1) is 0 Å². The first-order valence-corrected chi connectivity index (χ1v) is 7.61. The zero-order chi connectivity index (χ0) is 14.7. The van der Waals surface area contributed by atoms with Crippen LogP contribution in [0.1, 0.15) is 17.3 Å². The molecule has 0 atom stereocenters. The number of hydrogen-bond donors (Lipinski definition) is 1. The van der Waals surface area contributed by atoms with E-state index in [2.05, 4.69) is 22.6 Å². The molecule has 0 aliphatic carbocycles. The highest BCUT2D eigenvalue weighted by Gasteiger charge is 2.20. The fourth-order valence-corrected chi connectivity index (χ4v) is 2.80. The van der Waals surface area contributed by atoms with Crippen molar-refractivity contribution in [3.05, 3.63) is 56.6 Å². The number of nitrogens with two attached hydrogens (primary N) is 1. The third-order valence-electron chi connectivity index (χ3n) is 2.95. The molecule has 0 aliphatic rings. The van der Waals surface area contributed by atoms with E-state index in [0.29, 0.717) is 22.8 Å². The van der Waals surface area contributed by atoms with Gasteiger partial charge in [-0.3, -0.25) is 4.79 Å². The minimum atomic E-state index is -0.142. The molecule has 3 nitrogen and oxygen atoms in total. The van der Waals surface area contributed by atoms with E-state index in [4.69, 9.17) is 17.3 Å². The molecule has 1 amide bonds. The molecule has 0 spiro atoms. The lowest BCUT2D eigenvalue weighted by molar-refractivity contribution is 0.0989. The molecule has 0 aromatic heterocycles. The predicted octanol–water partition coefficient (Wildman–Crippen LogP) is 4.19. The number of nitrogens with zero attached hydrogens (tertiary/aromatic N) is 1. The van der Waals surface area contributed by atoms with Crippen molar-refractivity contribution in [1.29, 1.82) is 0 Å². The standard InChI is InChI=1S/C15H14ClIN2O/c1-2-19(14-6-4-3-5-12(14)17)15(20)11-9-10(16)7-8-13(11)18/h3-9H,2,18H2,1H3. The summed E-state index contributed by atoms with van der Waals surface area (Å²) in [5, 5.41) is 0.501. The van der Waals surface area contributed by atoms with Crippen molar-refractivity contribution < 1.29 is 4.79 Å². The van der Waals surface area contributed by atoms with Gasteiger partial charge in [-0.1, -0.05) is 23.7 Å². The van der Waals surface area contributed by atoms with E-state index in [1.807, 2.05) is 31.2 Å². The van der Waals surface area contributed by atoms with Crippen LogP contribution in [0.15, 0.2) is 42.5 Å². The summed E-state index contributed by atoms with van der Waals surface area (Å²) >= 11 is 8.17. The number of amides is 1. The molecule has 0 bridgehead atoms. The first-order valence-electron chi connectivity index (χ1n) is 6.16. The van der Waals surface area contributed by atoms with E-state index in [-0.39, 0.29) is 5.91 Å². The number of nitrogen functional groups attached to an aromatic ring is 1. The summed E-state index contributed by atoms with van der Waals surface area (Å²) in [6.45, 7) is 2.49. The second kappa shape index (κ2) is 6.45. The van der Waals surface area contributed by atoms with Crippen LogP contribution >= 0.6 is 34.2 Å². The van der Waals surface area contributed by atoms with Crippen LogP contribution in [-0.2, 0) is 0 Å². The molecule has 2 rings (SSSR count). The summed E-state index contributed by atoms with van der Waals surface area (Å²) in [6.07, 6.45) is 0. The second-order valence-electron chi connectivity index (χ2n) is 4.23. The fourth-order valence-electron chi connectivity index (χ4n) is 1.95. The summed E-state index contributed by atoms with van der Waals surface area (Å²) < 4.78 is 1.01. The maximum Gasteiger partial charge on any atom is 0.260 e. The minimum Gasteiger partial charge on any atom is -0.398 e. The molecule has 0 unspecified atom stereocenters. The van der Waals surface area contributed by atoms with E-state index in [9.17, 15) is 4.79 Å². The lowest BCUT2D eigenvalue weighted by atomic mass is 10.1. The SMILES string of the molecule is CCN(C(=O)c1cc(Cl)ccc1N)c1ccccc1I. The van der Waals surface area contributed by atoms with Gasteiger partial charge in [-0.05, 0) is 59.8 Å². The molecule has 5 heteroatoms. The second-order valence-corrected chi connectivity index (χ2v) is 5.83. The van der Waals surface area contributed by atoms with Crippen LogP contribution in [0.5, 0.6) is 0 Å². The number of para-hydroxylation sites is 1. The number of rotatable bonds is 3. The predicted molar refractivity (Wildman–Crippen MR) is 92.4 cm³/mol. The van der Waals surface area contributed by atoms with Crippen molar-refractivity contribution in [2.75, 3.05) is 17.2 Å². The average molecular weight is 401 g/mol. The number of anilines is 2. The molecule has 0 saturated carbocycles. The van der Waals surface area contributed by atoms with Crippen molar-refractivity contribution >= 4 is 51.5 Å². The molecular weight excluding hydrogens is 387 g/mol. The van der Waals surface area contributed by atoms with Gasteiger partial charge in [0.05, 0.1) is 11.3 Å². The van der Waals surface area contributed by atoms with E-state index < -0.39 is 0 Å². The van der Waals surface area contributed by atoms with Crippen LogP contribution < -0.4 is 10.6 Å². The van der Waals surface area contributed by atoms with Crippen LogP contribution in [0.3, 0.4) is 0 Å². The fraction of sp³-hybridized carbons (Fsp3) is 0.133. The van der Waals surface area contributed by atoms with Gasteiger partial charge in [0, 0.05) is 20.8 Å². The van der Waals surface area contributed by atoms with E-state index in [0.717, 1.165) is 9.26 Å². The number of carbonyl (C=O) groups is 1. The van der Waals surface area contributed by atoms with Gasteiger partial charge < -0.3 is 10.6 Å². The highest BCUT2D eigenvalue weighted by atomic mass is 127. The Morgan fingerprint density at radius 3 is 2.65 bits per heavy atom. The van der Waals surface area contributed by atoms with Crippen LogP contribution in [-0.4, -0.2) is 12.5 Å². The topological polar surface area (TPSA) is 46.3 Å². The van der Waals surface area contributed by atoms with Gasteiger partial charge in [0.1, 0.15) is 0 Å². The quantitative estimate of drug-likeness (QED) is 0.620. The first-order chi connectivity index (χ1) is 9.54. The Hall–Kier alpha value is -1.27. The molecular formula is C15H14ClIN2O. The Morgan fingerprint density at radius 1 is 1.30 bits per heavy atom. The molecule has 2 aromatic carbocycles. The molecule has 0 radical (unpaired) electrons. The molecule has 2 aromatic rings. The molecule has 0 aliphatic heterocycles. The first kappa shape index (κ1) is 15.1. The Labute approximate surface area is 136 Å². The lowest BCUT2D eigenvalue weighted by Crippen LogP contribution is -2.31. The van der Waals surface area contributed by atoms with Crippen molar-refractivity contribution in [1.82, 2.24) is 0 Å². The van der Waals surface area contributed by atoms with Crippen LogP contribution in [0.25, 0.3) is 0 Å². The summed E-state index contributed by atoms with van der Waals surface area (Å²) in [6, 6.07) is 12.7. The van der Waals surface area contributed by atoms with Crippen molar-refractivity contribution in [3.8, 4) is 0 Å². The van der Waals surface area contributed by atoms with E-state index in [1.165, 1.54) is 0 Å². The molecule has 0 fully saturated rings. The Kier molecular flexibility index (Phi) is 4.88. The molecule has 20 heavy (non-hydrogen) atoms. The summed E-state index contributed by atoms with van der Waals surface area (Å²) in [7, 11) is 0. The van der Waals surface area contributed by atoms with Crippen molar-refractivity contribution in [3.63, 3.8) is 0 Å². The van der Waals surface area contributed by atoms with E-state index in [1.54, 1.807) is 23.1 Å². The van der Waals surface area contributed by atoms with Crippen molar-refractivity contribution in [2.45, 2.75) is 6.92 Å². The van der Waals surface area contributed by atoms with Crippen molar-refractivity contribution in [2.24, 2.45) is 0 Å². The molecule has 104 valence electrons. The van der Waals surface area contributed by atoms with Gasteiger partial charge in [-0.2, -0.15) is 0 Å². The van der Waals surface area contributed by atoms with Crippen LogP contribution in [0, 0.1) is 3.57 Å². The van der Waals surface area contributed by atoms with E-state index >= 15 is 0 Å². The summed E-state index contributed by atoms with van der Waals surface area (Å²) in [5.74, 6) is -0.142. The molecule has 0 saturated heterocycles. The lowest BCUT2D eigenvalue weighted by Gasteiger charge is -2.23. The molecule has 2 N–H and O–H groups in total. The highest BCUT2D eigenvalue weighted by Crippen LogP contribution is 2.26. The zero-order valence-electron chi connectivity index (χ0n) is 10.9. The minimum absolute atomic E-state index is 0.142. The van der Waals surface area contributed by atoms with Gasteiger partial charge in [-0.25, -0.2) is 0 Å². The summed E-state index contributed by atoms with van der Waals surface area (Å²) in [4.78, 5) is 14.4. The smallest absolute Gasteiger partial charge is 0.260 e. The van der Waals surface area contributed by atoms with Crippen LogP contribution in [0.4, 0.5) is 11.4 Å². The normalized spacial score (nSPS) is 10.3. The highest BCUT2D eigenvalue weighted by molar-refractivity contribution is 14.1. The monoisotopic (exact) mass is 400 g/mol. The third kappa shape index (κ3) is 3.07. The van der Waals surface area contributed by atoms with Gasteiger partial charge in [0.15, 0.2) is 0 Å². The Bertz CT molecular complexity index is 646. The van der Waals surface area contributed by atoms with Crippen LogP contribution in [0.2, 0.25) is 5.02 Å². The number of halogens is 2. The maximum atomic E-state index is 12.7. The summed E-state index contributed by atoms with van der Waals surface area (Å²) in [5.41, 5.74) is 7.63. The van der Waals surface area contributed by atoms with Gasteiger partial charge in [0.25, 0.3) is 5.91 Å². The average Bonchev–Trinajstić information content (AvgIpc) is 2.44. The maximum absolute atomic E-state index is 12.7. The third-order valence-corrected chi connectivity index (χ3v) is 4.10. The largest absolute Gasteiger partial charge is 0.398 e. The number of carbonyl (C=O) groups excluding carboxylic acids is 1. The Balaban J connectivity index is 2.45.